The molecule has 0 saturated heterocycles. The lowest BCUT2D eigenvalue weighted by atomic mass is 10.3. The standard InChI is InChI=1S/C9H12N2O4/c1-11-5-6(3-7(11)8(12)13)4-10-9(14)15-2/h3,5H,4H2,1-2H3,(H,10,14)(H,12,13). The number of carbonyl (C=O) groups is 2. The highest BCUT2D eigenvalue weighted by Gasteiger charge is 2.10. The average molecular weight is 212 g/mol. The molecule has 2 N–H and O–H groups in total. The molecular formula is C9H12N2O4. The van der Waals surface area contributed by atoms with Crippen LogP contribution >= 0.6 is 0 Å². The van der Waals surface area contributed by atoms with E-state index in [0.717, 1.165) is 0 Å². The van der Waals surface area contributed by atoms with Gasteiger partial charge in [-0.3, -0.25) is 0 Å². The monoisotopic (exact) mass is 212 g/mol. The van der Waals surface area contributed by atoms with Crippen LogP contribution in [0.4, 0.5) is 4.79 Å². The number of carboxylic acids is 1. The van der Waals surface area contributed by atoms with E-state index in [2.05, 4.69) is 10.1 Å². The van der Waals surface area contributed by atoms with Crippen LogP contribution in [0.1, 0.15) is 16.1 Å². The van der Waals surface area contributed by atoms with Crippen LogP contribution in [0.5, 0.6) is 0 Å². The van der Waals surface area contributed by atoms with E-state index in [9.17, 15) is 9.59 Å². The van der Waals surface area contributed by atoms with Crippen molar-refractivity contribution in [3.63, 3.8) is 0 Å². The number of nitrogens with one attached hydrogen (secondary N) is 1. The first kappa shape index (κ1) is 11.1. The molecule has 0 unspecified atom stereocenters. The Labute approximate surface area is 86.5 Å². The van der Waals surface area contributed by atoms with Crippen LogP contribution in [-0.4, -0.2) is 28.8 Å². The summed E-state index contributed by atoms with van der Waals surface area (Å²) in [5.74, 6) is -0.998. The highest BCUT2D eigenvalue weighted by atomic mass is 16.5. The van der Waals surface area contributed by atoms with Crippen molar-refractivity contribution < 1.29 is 19.4 Å². The van der Waals surface area contributed by atoms with Gasteiger partial charge in [0.05, 0.1) is 7.11 Å². The molecule has 0 aliphatic rings. The second-order valence-corrected chi connectivity index (χ2v) is 2.99. The summed E-state index contributed by atoms with van der Waals surface area (Å²) in [5, 5.41) is 11.2. The lowest BCUT2D eigenvalue weighted by Gasteiger charge is -2.00. The summed E-state index contributed by atoms with van der Waals surface area (Å²) in [5.41, 5.74) is 0.886. The fraction of sp³-hybridized carbons (Fsp3) is 0.333. The third kappa shape index (κ3) is 2.73. The molecule has 15 heavy (non-hydrogen) atoms. The van der Waals surface area contributed by atoms with Gasteiger partial charge in [0, 0.05) is 19.8 Å². The Hall–Kier alpha value is -1.98. The van der Waals surface area contributed by atoms with Crippen molar-refractivity contribution >= 4 is 12.1 Å². The Balaban J connectivity index is 2.67. The van der Waals surface area contributed by atoms with Crippen molar-refractivity contribution in [3.05, 3.63) is 23.5 Å². The average Bonchev–Trinajstić information content (AvgIpc) is 2.56. The fourth-order valence-electron chi connectivity index (χ4n) is 1.19. The Morgan fingerprint density at radius 2 is 2.27 bits per heavy atom. The maximum Gasteiger partial charge on any atom is 0.407 e. The first-order chi connectivity index (χ1) is 7.04. The Morgan fingerprint density at radius 1 is 1.60 bits per heavy atom. The van der Waals surface area contributed by atoms with E-state index in [1.807, 2.05) is 0 Å². The Kier molecular flexibility index (Phi) is 3.33. The summed E-state index contributed by atoms with van der Waals surface area (Å²) in [6.07, 6.45) is 1.09. The molecule has 0 saturated carbocycles. The van der Waals surface area contributed by atoms with Gasteiger partial charge in [-0.1, -0.05) is 0 Å². The molecule has 1 rings (SSSR count). The van der Waals surface area contributed by atoms with Gasteiger partial charge in [-0.15, -0.1) is 0 Å². The molecule has 0 radical (unpaired) electrons. The zero-order valence-electron chi connectivity index (χ0n) is 8.48. The third-order valence-electron chi connectivity index (χ3n) is 1.90. The molecule has 0 atom stereocenters. The maximum absolute atomic E-state index is 10.8. The molecule has 1 aromatic rings. The van der Waals surface area contributed by atoms with Crippen LogP contribution in [0.2, 0.25) is 0 Å². The molecule has 6 heteroatoms. The van der Waals surface area contributed by atoms with Gasteiger partial charge >= 0.3 is 12.1 Å². The first-order valence-corrected chi connectivity index (χ1v) is 4.25. The molecule has 0 aromatic carbocycles. The topological polar surface area (TPSA) is 80.6 Å². The molecule has 1 aromatic heterocycles. The number of carbonyl (C=O) groups excluding carboxylic acids is 1. The van der Waals surface area contributed by atoms with E-state index < -0.39 is 12.1 Å². The SMILES string of the molecule is COC(=O)NCc1cc(C(=O)O)n(C)c1. The molecule has 0 aliphatic carbocycles. The molecule has 0 bridgehead atoms. The highest BCUT2D eigenvalue weighted by Crippen LogP contribution is 2.06. The number of nitrogens with zero attached hydrogens (tertiary/aromatic N) is 1. The summed E-state index contributed by atoms with van der Waals surface area (Å²) in [6, 6.07) is 1.50. The van der Waals surface area contributed by atoms with Gasteiger partial charge in [0.1, 0.15) is 5.69 Å². The fourth-order valence-corrected chi connectivity index (χ4v) is 1.19. The lowest BCUT2D eigenvalue weighted by Crippen LogP contribution is -2.21. The minimum absolute atomic E-state index is 0.177. The number of methoxy groups -OCH3 is 1. The van der Waals surface area contributed by atoms with Gasteiger partial charge < -0.3 is 19.7 Å². The van der Waals surface area contributed by atoms with E-state index in [0.29, 0.717) is 5.56 Å². The number of aryl methyl sites for hydroxylation is 1. The molecule has 0 aliphatic heterocycles. The van der Waals surface area contributed by atoms with Gasteiger partial charge in [0.15, 0.2) is 0 Å². The normalized spacial score (nSPS) is 9.73. The summed E-state index contributed by atoms with van der Waals surface area (Å²) in [4.78, 5) is 21.5. The van der Waals surface area contributed by atoms with Gasteiger partial charge in [0.2, 0.25) is 0 Å². The van der Waals surface area contributed by atoms with Crippen molar-refractivity contribution in [1.29, 1.82) is 0 Å². The first-order valence-electron chi connectivity index (χ1n) is 4.25. The minimum Gasteiger partial charge on any atom is -0.477 e. The van der Waals surface area contributed by atoms with Crippen LogP contribution < -0.4 is 5.32 Å². The van der Waals surface area contributed by atoms with E-state index in [1.54, 1.807) is 13.2 Å². The maximum atomic E-state index is 10.8. The molecule has 1 amide bonds. The van der Waals surface area contributed by atoms with E-state index in [4.69, 9.17) is 5.11 Å². The van der Waals surface area contributed by atoms with Gasteiger partial charge in [0.25, 0.3) is 0 Å². The van der Waals surface area contributed by atoms with Crippen LogP contribution in [0.25, 0.3) is 0 Å². The van der Waals surface area contributed by atoms with Crippen molar-refractivity contribution in [2.75, 3.05) is 7.11 Å². The molecule has 1 heterocycles. The molecule has 0 fully saturated rings. The van der Waals surface area contributed by atoms with Crippen molar-refractivity contribution in [2.45, 2.75) is 6.54 Å². The second kappa shape index (κ2) is 4.50. The van der Waals surface area contributed by atoms with Gasteiger partial charge in [-0.25, -0.2) is 9.59 Å². The molecule has 82 valence electrons. The van der Waals surface area contributed by atoms with Crippen molar-refractivity contribution in [1.82, 2.24) is 9.88 Å². The lowest BCUT2D eigenvalue weighted by molar-refractivity contribution is 0.0686. The third-order valence-corrected chi connectivity index (χ3v) is 1.90. The molecular weight excluding hydrogens is 200 g/mol. The summed E-state index contributed by atoms with van der Waals surface area (Å²) < 4.78 is 5.87. The van der Waals surface area contributed by atoms with Crippen LogP contribution in [-0.2, 0) is 18.3 Å². The number of carboxylic acid groups (broad SMARTS) is 1. The number of aromatic carboxylic acids is 1. The zero-order chi connectivity index (χ0) is 11.4. The predicted octanol–water partition coefficient (Wildman–Crippen LogP) is 0.579. The van der Waals surface area contributed by atoms with E-state index in [1.165, 1.54) is 17.7 Å². The molecule has 6 nitrogen and oxygen atoms in total. The van der Waals surface area contributed by atoms with Gasteiger partial charge in [-0.05, 0) is 11.6 Å². The Morgan fingerprint density at radius 3 is 2.73 bits per heavy atom. The van der Waals surface area contributed by atoms with Crippen molar-refractivity contribution in [3.8, 4) is 0 Å². The summed E-state index contributed by atoms with van der Waals surface area (Å²) in [7, 11) is 2.90. The summed E-state index contributed by atoms with van der Waals surface area (Å²) in [6.45, 7) is 0.244. The van der Waals surface area contributed by atoms with E-state index in [-0.39, 0.29) is 12.2 Å². The predicted molar refractivity (Wildman–Crippen MR) is 51.6 cm³/mol. The number of hydrogen-bond acceptors (Lipinski definition) is 3. The number of amides is 1. The Bertz CT molecular complexity index is 383. The summed E-state index contributed by atoms with van der Waals surface area (Å²) >= 11 is 0. The molecule has 0 spiro atoms. The number of rotatable bonds is 3. The highest BCUT2D eigenvalue weighted by molar-refractivity contribution is 5.86. The number of ether oxygens (including phenoxy) is 1. The van der Waals surface area contributed by atoms with Gasteiger partial charge in [-0.2, -0.15) is 0 Å². The number of alkyl carbamates (subject to hydrolysis) is 1. The number of hydrogen-bond donors (Lipinski definition) is 2. The minimum atomic E-state index is -0.998. The second-order valence-electron chi connectivity index (χ2n) is 2.99. The van der Waals surface area contributed by atoms with Crippen LogP contribution in [0.15, 0.2) is 12.3 Å². The van der Waals surface area contributed by atoms with Crippen molar-refractivity contribution in [2.24, 2.45) is 7.05 Å². The van der Waals surface area contributed by atoms with Crippen LogP contribution in [0, 0.1) is 0 Å². The quantitative estimate of drug-likeness (QED) is 0.767. The number of aromatic nitrogens is 1. The van der Waals surface area contributed by atoms with Crippen LogP contribution in [0.3, 0.4) is 0 Å². The largest absolute Gasteiger partial charge is 0.477 e. The zero-order valence-corrected chi connectivity index (χ0v) is 8.48. The smallest absolute Gasteiger partial charge is 0.407 e. The van der Waals surface area contributed by atoms with E-state index >= 15 is 0 Å².